The van der Waals surface area contributed by atoms with Crippen LogP contribution >= 0.6 is 24.0 Å². The molecular formula is C14H16N2O7S2. The molecule has 0 aliphatic carbocycles. The molecule has 0 bridgehead atoms. The fraction of sp³-hybridized carbons (Fsp3) is 0.643. The summed E-state index contributed by atoms with van der Waals surface area (Å²) in [5.41, 5.74) is 0. The number of rotatable bonds is 6. The molecule has 1 heterocycles. The molecular weight excluding hydrogens is 372 g/mol. The third-order valence-corrected chi connectivity index (χ3v) is 4.02. The summed E-state index contributed by atoms with van der Waals surface area (Å²) < 4.78 is 21.0. The summed E-state index contributed by atoms with van der Waals surface area (Å²) in [5, 5.41) is 12.2. The molecule has 0 spiro atoms. The Morgan fingerprint density at radius 2 is 1.76 bits per heavy atom. The molecule has 0 amide bonds. The Balaban J connectivity index is 3.24. The number of isothiocyanates is 1. The first-order valence-electron chi connectivity index (χ1n) is 7.05. The van der Waals surface area contributed by atoms with Crippen LogP contribution in [0.15, 0.2) is 4.99 Å². The highest BCUT2D eigenvalue weighted by Gasteiger charge is 2.50. The molecule has 11 heteroatoms. The zero-order valence-corrected chi connectivity index (χ0v) is 15.3. The van der Waals surface area contributed by atoms with Crippen molar-refractivity contribution in [1.29, 1.82) is 5.26 Å². The summed E-state index contributed by atoms with van der Waals surface area (Å²) in [4.78, 5) is 37.8. The van der Waals surface area contributed by atoms with Crippen molar-refractivity contribution < 1.29 is 33.3 Å². The molecule has 0 aromatic rings. The van der Waals surface area contributed by atoms with Gasteiger partial charge in [0, 0.05) is 20.8 Å². The molecule has 0 aromatic carbocycles. The predicted octanol–water partition coefficient (Wildman–Crippen LogP) is 0.823. The van der Waals surface area contributed by atoms with Gasteiger partial charge in [-0.05, 0) is 24.0 Å². The van der Waals surface area contributed by atoms with Gasteiger partial charge in [0.15, 0.2) is 18.4 Å². The number of aliphatic imine (C=N–C) groups is 1. The van der Waals surface area contributed by atoms with Crippen molar-refractivity contribution in [3.8, 4) is 5.40 Å². The van der Waals surface area contributed by atoms with Crippen molar-refractivity contribution in [3.05, 3.63) is 0 Å². The van der Waals surface area contributed by atoms with E-state index in [-0.39, 0.29) is 6.61 Å². The van der Waals surface area contributed by atoms with Crippen LogP contribution < -0.4 is 0 Å². The van der Waals surface area contributed by atoms with Crippen molar-refractivity contribution in [2.24, 2.45) is 4.99 Å². The van der Waals surface area contributed by atoms with Gasteiger partial charge < -0.3 is 18.9 Å². The monoisotopic (exact) mass is 388 g/mol. The maximum absolute atomic E-state index is 11.5. The van der Waals surface area contributed by atoms with Crippen molar-refractivity contribution in [2.45, 2.75) is 50.6 Å². The van der Waals surface area contributed by atoms with Gasteiger partial charge in [-0.2, -0.15) is 10.3 Å². The van der Waals surface area contributed by atoms with Crippen LogP contribution in [-0.2, 0) is 33.3 Å². The molecule has 1 aliphatic rings. The minimum absolute atomic E-state index is 0.265. The van der Waals surface area contributed by atoms with Crippen LogP contribution in [0.5, 0.6) is 0 Å². The van der Waals surface area contributed by atoms with E-state index < -0.39 is 47.7 Å². The average molecular weight is 388 g/mol. The van der Waals surface area contributed by atoms with E-state index in [2.05, 4.69) is 22.4 Å². The Labute approximate surface area is 153 Å². The van der Waals surface area contributed by atoms with Gasteiger partial charge in [0.25, 0.3) is 0 Å². The molecule has 1 unspecified atom stereocenters. The number of thiocyanates is 1. The van der Waals surface area contributed by atoms with Gasteiger partial charge in [-0.1, -0.05) is 0 Å². The second-order valence-corrected chi connectivity index (χ2v) is 6.06. The van der Waals surface area contributed by atoms with E-state index in [0.717, 1.165) is 11.8 Å². The van der Waals surface area contributed by atoms with Crippen LogP contribution in [0.2, 0.25) is 0 Å². The Morgan fingerprint density at radius 3 is 2.24 bits per heavy atom. The second-order valence-electron chi connectivity index (χ2n) is 4.91. The minimum Gasteiger partial charge on any atom is -0.463 e. The predicted molar refractivity (Wildman–Crippen MR) is 88.4 cm³/mol. The van der Waals surface area contributed by atoms with Crippen LogP contribution in [0.1, 0.15) is 20.8 Å². The number of carbonyl (C=O) groups excluding carboxylic acids is 3. The first-order valence-corrected chi connectivity index (χ1v) is 8.34. The van der Waals surface area contributed by atoms with Gasteiger partial charge in [0.1, 0.15) is 23.4 Å². The van der Waals surface area contributed by atoms with Crippen molar-refractivity contribution >= 4 is 47.0 Å². The van der Waals surface area contributed by atoms with E-state index >= 15 is 0 Å². The molecule has 9 nitrogen and oxygen atoms in total. The highest BCUT2D eigenvalue weighted by Crippen LogP contribution is 2.34. The lowest BCUT2D eigenvalue weighted by atomic mass is 10.00. The van der Waals surface area contributed by atoms with Crippen LogP contribution in [-0.4, -0.2) is 59.5 Å². The minimum atomic E-state index is -1.09. The highest BCUT2D eigenvalue weighted by atomic mass is 32.2. The zero-order valence-electron chi connectivity index (χ0n) is 13.7. The number of carbonyl (C=O) groups is 3. The summed E-state index contributed by atoms with van der Waals surface area (Å²) >= 11 is 5.31. The molecule has 1 rings (SSSR count). The normalized spacial score (nSPS) is 28.0. The van der Waals surface area contributed by atoms with Gasteiger partial charge in [0.05, 0.1) is 5.16 Å². The Kier molecular flexibility index (Phi) is 8.51. The number of thioether (sulfide) groups is 1. The first kappa shape index (κ1) is 21.1. The largest absolute Gasteiger partial charge is 0.463 e. The van der Waals surface area contributed by atoms with Gasteiger partial charge in [-0.25, -0.2) is 0 Å². The smallest absolute Gasteiger partial charge is 0.303 e. The summed E-state index contributed by atoms with van der Waals surface area (Å²) in [7, 11) is 0. The highest BCUT2D eigenvalue weighted by molar-refractivity contribution is 8.04. The molecule has 0 N–H and O–H groups in total. The van der Waals surface area contributed by atoms with E-state index in [9.17, 15) is 14.4 Å². The van der Waals surface area contributed by atoms with Crippen LogP contribution in [0.25, 0.3) is 0 Å². The van der Waals surface area contributed by atoms with Crippen molar-refractivity contribution in [3.63, 3.8) is 0 Å². The van der Waals surface area contributed by atoms with Crippen molar-refractivity contribution in [2.75, 3.05) is 6.61 Å². The second kappa shape index (κ2) is 10.1. The summed E-state index contributed by atoms with van der Waals surface area (Å²) in [6, 6.07) is 0. The molecule has 1 aliphatic heterocycles. The van der Waals surface area contributed by atoms with E-state index in [0.29, 0.717) is 0 Å². The first-order chi connectivity index (χ1) is 11.8. The van der Waals surface area contributed by atoms with Gasteiger partial charge in [0.2, 0.25) is 0 Å². The Morgan fingerprint density at radius 1 is 1.16 bits per heavy atom. The number of esters is 3. The molecule has 0 aromatic heterocycles. The molecule has 1 fully saturated rings. The molecule has 136 valence electrons. The third-order valence-electron chi connectivity index (χ3n) is 3.03. The van der Waals surface area contributed by atoms with E-state index in [1.807, 2.05) is 5.40 Å². The lowest BCUT2D eigenvalue weighted by Gasteiger charge is -2.42. The number of hydrogen-bond donors (Lipinski definition) is 0. The van der Waals surface area contributed by atoms with Crippen molar-refractivity contribution in [1.82, 2.24) is 0 Å². The number of nitriles is 1. The Bertz CT molecular complexity index is 615. The van der Waals surface area contributed by atoms with Crippen LogP contribution in [0, 0.1) is 10.7 Å². The third kappa shape index (κ3) is 6.43. The molecule has 0 saturated carbocycles. The van der Waals surface area contributed by atoms with Gasteiger partial charge in [-0.3, -0.25) is 14.4 Å². The van der Waals surface area contributed by atoms with Gasteiger partial charge >= 0.3 is 17.9 Å². The maximum atomic E-state index is 11.5. The lowest BCUT2D eigenvalue weighted by molar-refractivity contribution is -0.211. The molecule has 25 heavy (non-hydrogen) atoms. The molecule has 1 saturated heterocycles. The molecule has 0 radical (unpaired) electrons. The van der Waals surface area contributed by atoms with Gasteiger partial charge in [-0.15, -0.1) is 0 Å². The summed E-state index contributed by atoms with van der Waals surface area (Å²) in [6.07, 6.45) is -4.12. The average Bonchev–Trinajstić information content (AvgIpc) is 2.50. The van der Waals surface area contributed by atoms with E-state index in [1.54, 1.807) is 0 Å². The number of nitrogens with zero attached hydrogens (tertiary/aromatic N) is 2. The standard InChI is InChI=1S/C14H16N2O7S2/c1-7(17)20-4-10-11(21-8(2)18)12(22-9(3)19)13(25-5-15)14(23-10)16-6-24/h10-14H,4H2,1-3H3/t10-,11-,12+,13-,14?/m1/s1. The zero-order chi connectivity index (χ0) is 19.0. The number of hydrogen-bond acceptors (Lipinski definition) is 11. The number of thiocarbonyl (C=S) groups is 1. The van der Waals surface area contributed by atoms with Crippen LogP contribution in [0.3, 0.4) is 0 Å². The SMILES string of the molecule is CC(=O)OC[C@H]1OC(N=C=S)[C@H](SC#N)[C@@H](OC(C)=O)[C@@H]1OC(C)=O. The van der Waals surface area contributed by atoms with E-state index in [4.69, 9.17) is 24.2 Å². The quantitative estimate of drug-likeness (QED) is 0.212. The fourth-order valence-corrected chi connectivity index (χ4v) is 3.04. The fourth-order valence-electron chi connectivity index (χ4n) is 2.23. The lowest BCUT2D eigenvalue weighted by Crippen LogP contribution is -2.59. The Hall–Kier alpha value is -1.99. The summed E-state index contributed by atoms with van der Waals surface area (Å²) in [6.45, 7) is 3.28. The summed E-state index contributed by atoms with van der Waals surface area (Å²) in [5.74, 6) is -1.88. The maximum Gasteiger partial charge on any atom is 0.303 e. The number of ether oxygens (including phenoxy) is 4. The topological polar surface area (TPSA) is 124 Å². The molecule has 5 atom stereocenters. The van der Waals surface area contributed by atoms with Crippen LogP contribution in [0.4, 0.5) is 0 Å². The van der Waals surface area contributed by atoms with E-state index in [1.165, 1.54) is 20.8 Å².